The molecule has 4 aromatic rings. The van der Waals surface area contributed by atoms with E-state index >= 15 is 0 Å². The van der Waals surface area contributed by atoms with Crippen molar-refractivity contribution in [3.05, 3.63) is 65.9 Å². The van der Waals surface area contributed by atoms with Crippen LogP contribution in [0, 0.1) is 5.82 Å². The van der Waals surface area contributed by atoms with Gasteiger partial charge in [0, 0.05) is 49.5 Å². The number of benzene rings is 1. The number of nitrogens with one attached hydrogen (secondary N) is 2. The average Bonchev–Trinajstić information content (AvgIpc) is 3.75. The highest BCUT2D eigenvalue weighted by Gasteiger charge is 2.29. The molecule has 8 heteroatoms. The van der Waals surface area contributed by atoms with Gasteiger partial charge in [0.15, 0.2) is 5.82 Å². The van der Waals surface area contributed by atoms with E-state index in [2.05, 4.69) is 39.3 Å². The van der Waals surface area contributed by atoms with Crippen LogP contribution in [-0.2, 0) is 0 Å². The summed E-state index contributed by atoms with van der Waals surface area (Å²) in [4.78, 5) is 21.3. The second-order valence-corrected chi connectivity index (χ2v) is 9.95. The third-order valence-corrected chi connectivity index (χ3v) is 6.99. The third-order valence-electron chi connectivity index (χ3n) is 6.99. The molecule has 0 spiro atoms. The van der Waals surface area contributed by atoms with Crippen molar-refractivity contribution >= 4 is 28.2 Å². The maximum atomic E-state index is 14.6. The molecule has 7 nitrogen and oxygen atoms in total. The Balaban J connectivity index is 1.41. The van der Waals surface area contributed by atoms with Crippen molar-refractivity contribution in [1.29, 1.82) is 0 Å². The van der Waals surface area contributed by atoms with Gasteiger partial charge >= 0.3 is 0 Å². The van der Waals surface area contributed by atoms with E-state index in [0.717, 1.165) is 54.0 Å². The number of piperazine rings is 1. The summed E-state index contributed by atoms with van der Waals surface area (Å²) >= 11 is 0. The Morgan fingerprint density at radius 2 is 1.89 bits per heavy atom. The van der Waals surface area contributed by atoms with Crippen LogP contribution >= 0.6 is 0 Å². The standard InChI is InChI=1S/C28H30FN7/c1-17(2)19-5-6-22(29)23(13-19)33-25-14-20(7-8-32-25)27-34-24-16-31-15-21(18-3-4-18)26(24)28(35-27)36-11-9-30-10-12-36/h5-8,13-18,30H,3-4,9-12H2,1-2H3,(H,32,33). The predicted octanol–water partition coefficient (Wildman–Crippen LogP) is 5.38. The summed E-state index contributed by atoms with van der Waals surface area (Å²) in [5, 5.41) is 7.71. The SMILES string of the molecule is CC(C)c1ccc(F)c(Nc2cc(-c3nc(N4CCNCC4)c4c(C5CC5)cncc4n3)ccn2)c1. The number of hydrogen-bond donors (Lipinski definition) is 2. The maximum Gasteiger partial charge on any atom is 0.162 e. The van der Waals surface area contributed by atoms with E-state index in [-0.39, 0.29) is 5.82 Å². The van der Waals surface area contributed by atoms with E-state index in [1.807, 2.05) is 36.7 Å². The van der Waals surface area contributed by atoms with Crippen molar-refractivity contribution in [2.45, 2.75) is 38.5 Å². The normalized spacial score (nSPS) is 16.1. The van der Waals surface area contributed by atoms with Crippen LogP contribution in [0.4, 0.5) is 21.7 Å². The number of aromatic nitrogens is 4. The summed E-state index contributed by atoms with van der Waals surface area (Å²) in [6.45, 7) is 7.82. The molecule has 2 aliphatic rings. The third kappa shape index (κ3) is 4.48. The number of fused-ring (bicyclic) bond motifs is 1. The number of nitrogens with zero attached hydrogens (tertiary/aromatic N) is 5. The quantitative estimate of drug-likeness (QED) is 0.381. The highest BCUT2D eigenvalue weighted by atomic mass is 19.1. The molecule has 0 radical (unpaired) electrons. The number of rotatable bonds is 6. The van der Waals surface area contributed by atoms with Gasteiger partial charge in [-0.05, 0) is 60.1 Å². The molecule has 3 aromatic heterocycles. The minimum Gasteiger partial charge on any atom is -0.353 e. The minimum atomic E-state index is -0.312. The van der Waals surface area contributed by atoms with Crippen LogP contribution in [0.15, 0.2) is 48.9 Å². The molecule has 1 aliphatic heterocycles. The molecular weight excluding hydrogens is 453 g/mol. The molecule has 1 aliphatic carbocycles. The predicted molar refractivity (Wildman–Crippen MR) is 141 cm³/mol. The van der Waals surface area contributed by atoms with E-state index in [9.17, 15) is 4.39 Å². The van der Waals surface area contributed by atoms with Gasteiger partial charge in [0.1, 0.15) is 17.5 Å². The topological polar surface area (TPSA) is 78.9 Å². The summed E-state index contributed by atoms with van der Waals surface area (Å²) in [6, 6.07) is 8.93. The zero-order valence-corrected chi connectivity index (χ0v) is 20.6. The first-order chi connectivity index (χ1) is 17.6. The Kier molecular flexibility index (Phi) is 5.97. The molecule has 2 fully saturated rings. The Morgan fingerprint density at radius 1 is 1.06 bits per heavy atom. The minimum absolute atomic E-state index is 0.300. The lowest BCUT2D eigenvalue weighted by Crippen LogP contribution is -2.44. The van der Waals surface area contributed by atoms with Gasteiger partial charge in [0.05, 0.1) is 17.4 Å². The van der Waals surface area contributed by atoms with E-state index in [1.165, 1.54) is 24.5 Å². The van der Waals surface area contributed by atoms with Crippen molar-refractivity contribution in [1.82, 2.24) is 25.3 Å². The van der Waals surface area contributed by atoms with E-state index < -0.39 is 0 Å². The Bertz CT molecular complexity index is 1410. The van der Waals surface area contributed by atoms with Gasteiger partial charge in [0.2, 0.25) is 0 Å². The summed E-state index contributed by atoms with van der Waals surface area (Å²) in [6.07, 6.45) is 7.92. The smallest absolute Gasteiger partial charge is 0.162 e. The lowest BCUT2D eigenvalue weighted by molar-refractivity contribution is 0.586. The van der Waals surface area contributed by atoms with Gasteiger partial charge < -0.3 is 15.5 Å². The molecule has 6 rings (SSSR count). The highest BCUT2D eigenvalue weighted by Crippen LogP contribution is 2.44. The Morgan fingerprint density at radius 3 is 2.67 bits per heavy atom. The van der Waals surface area contributed by atoms with Gasteiger partial charge in [-0.15, -0.1) is 0 Å². The van der Waals surface area contributed by atoms with Crippen LogP contribution in [-0.4, -0.2) is 46.1 Å². The maximum absolute atomic E-state index is 14.6. The summed E-state index contributed by atoms with van der Waals surface area (Å²) in [5.74, 6) is 2.67. The van der Waals surface area contributed by atoms with Crippen molar-refractivity contribution < 1.29 is 4.39 Å². The van der Waals surface area contributed by atoms with Crippen LogP contribution < -0.4 is 15.5 Å². The molecule has 0 amide bonds. The molecule has 0 bridgehead atoms. The molecule has 2 N–H and O–H groups in total. The first-order valence-corrected chi connectivity index (χ1v) is 12.7. The Labute approximate surface area is 210 Å². The van der Waals surface area contributed by atoms with Gasteiger partial charge in [-0.1, -0.05) is 19.9 Å². The number of anilines is 3. The number of pyridine rings is 2. The number of halogens is 1. The second kappa shape index (κ2) is 9.43. The van der Waals surface area contributed by atoms with Crippen LogP contribution in [0.1, 0.15) is 49.7 Å². The first-order valence-electron chi connectivity index (χ1n) is 12.7. The molecular formula is C28H30FN7. The lowest BCUT2D eigenvalue weighted by atomic mass is 10.0. The van der Waals surface area contributed by atoms with Crippen LogP contribution in [0.2, 0.25) is 0 Å². The molecule has 0 unspecified atom stereocenters. The molecule has 4 heterocycles. The van der Waals surface area contributed by atoms with Gasteiger partial charge in [-0.3, -0.25) is 4.98 Å². The first kappa shape index (κ1) is 22.8. The van der Waals surface area contributed by atoms with Gasteiger partial charge in [-0.2, -0.15) is 0 Å². The second-order valence-electron chi connectivity index (χ2n) is 9.95. The average molecular weight is 484 g/mol. The summed E-state index contributed by atoms with van der Waals surface area (Å²) in [7, 11) is 0. The molecule has 1 saturated carbocycles. The van der Waals surface area contributed by atoms with Crippen molar-refractivity contribution in [2.75, 3.05) is 36.4 Å². The van der Waals surface area contributed by atoms with E-state index in [4.69, 9.17) is 9.97 Å². The van der Waals surface area contributed by atoms with Crippen LogP contribution in [0.3, 0.4) is 0 Å². The molecule has 1 saturated heterocycles. The Hall–Kier alpha value is -3.65. The van der Waals surface area contributed by atoms with Gasteiger partial charge in [-0.25, -0.2) is 19.3 Å². The fraction of sp³-hybridized carbons (Fsp3) is 0.357. The highest BCUT2D eigenvalue weighted by molar-refractivity contribution is 5.94. The summed E-state index contributed by atoms with van der Waals surface area (Å²) < 4.78 is 14.6. The van der Waals surface area contributed by atoms with Crippen LogP contribution in [0.25, 0.3) is 22.3 Å². The summed E-state index contributed by atoms with van der Waals surface area (Å²) in [5.41, 5.74) is 4.41. The molecule has 1 aromatic carbocycles. The number of hydrogen-bond acceptors (Lipinski definition) is 7. The van der Waals surface area contributed by atoms with Gasteiger partial charge in [0.25, 0.3) is 0 Å². The zero-order chi connectivity index (χ0) is 24.6. The largest absolute Gasteiger partial charge is 0.353 e. The fourth-order valence-corrected chi connectivity index (χ4v) is 4.80. The van der Waals surface area contributed by atoms with Crippen LogP contribution in [0.5, 0.6) is 0 Å². The zero-order valence-electron chi connectivity index (χ0n) is 20.6. The van der Waals surface area contributed by atoms with Crippen molar-refractivity contribution in [3.63, 3.8) is 0 Å². The molecule has 36 heavy (non-hydrogen) atoms. The van der Waals surface area contributed by atoms with E-state index in [0.29, 0.717) is 29.2 Å². The lowest BCUT2D eigenvalue weighted by Gasteiger charge is -2.30. The fourth-order valence-electron chi connectivity index (χ4n) is 4.80. The monoisotopic (exact) mass is 483 g/mol. The molecule has 0 atom stereocenters. The van der Waals surface area contributed by atoms with Crippen molar-refractivity contribution in [3.8, 4) is 11.4 Å². The van der Waals surface area contributed by atoms with Crippen molar-refractivity contribution in [2.24, 2.45) is 0 Å². The van der Waals surface area contributed by atoms with E-state index in [1.54, 1.807) is 6.20 Å². The molecule has 184 valence electrons.